The quantitative estimate of drug-likeness (QED) is 0.909. The minimum atomic E-state index is 0.0134. The topological polar surface area (TPSA) is 61.4 Å². The van der Waals surface area contributed by atoms with E-state index in [4.69, 9.17) is 0 Å². The number of carbonyl (C=O) groups is 1. The number of likely N-dealkylation sites (N-methyl/N-ethyl adjacent to an activating group) is 1. The summed E-state index contributed by atoms with van der Waals surface area (Å²) in [6.45, 7) is 6.12. The van der Waals surface area contributed by atoms with Crippen molar-refractivity contribution in [3.63, 3.8) is 0 Å². The maximum atomic E-state index is 12.2. The molecule has 1 fully saturated rings. The van der Waals surface area contributed by atoms with Gasteiger partial charge in [-0.05, 0) is 38.6 Å². The fourth-order valence-corrected chi connectivity index (χ4v) is 2.81. The second-order valence-electron chi connectivity index (χ2n) is 6.41. The molecular weight excluding hydrogens is 302 g/mol. The average Bonchev–Trinajstić information content (AvgIpc) is 2.45. The predicted molar refractivity (Wildman–Crippen MR) is 95.2 cm³/mol. The lowest BCUT2D eigenvalue weighted by molar-refractivity contribution is -0.117. The molecule has 1 amide bonds. The second-order valence-corrected chi connectivity index (χ2v) is 6.41. The van der Waals surface area contributed by atoms with Gasteiger partial charge in [0.2, 0.25) is 5.91 Å². The molecule has 0 atom stereocenters. The highest BCUT2D eigenvalue weighted by Gasteiger charge is 2.31. The summed E-state index contributed by atoms with van der Waals surface area (Å²) in [7, 11) is 1.99. The zero-order valence-electron chi connectivity index (χ0n) is 14.4. The van der Waals surface area contributed by atoms with Crippen molar-refractivity contribution in [2.45, 2.75) is 19.9 Å². The fraction of sp³-hybridized carbons (Fsp3) is 0.389. The van der Waals surface area contributed by atoms with Crippen LogP contribution in [0.1, 0.15) is 11.3 Å². The van der Waals surface area contributed by atoms with Gasteiger partial charge in [-0.25, -0.2) is 9.97 Å². The SMILES string of the molecule is Cc1cccc(NC(=O)CN(C)C2CN(c3cc(C)ncn3)C2)c1. The molecule has 0 spiro atoms. The Morgan fingerprint density at radius 1 is 1.29 bits per heavy atom. The van der Waals surface area contributed by atoms with Crippen molar-refractivity contribution in [2.24, 2.45) is 0 Å². The van der Waals surface area contributed by atoms with E-state index < -0.39 is 0 Å². The Kier molecular flexibility index (Phi) is 4.76. The van der Waals surface area contributed by atoms with Crippen LogP contribution in [0.4, 0.5) is 11.5 Å². The molecular formula is C18H23N5O. The fourth-order valence-electron chi connectivity index (χ4n) is 2.81. The monoisotopic (exact) mass is 325 g/mol. The number of hydrogen-bond acceptors (Lipinski definition) is 5. The van der Waals surface area contributed by atoms with Crippen molar-refractivity contribution in [1.29, 1.82) is 0 Å². The van der Waals surface area contributed by atoms with Crippen LogP contribution in [0.25, 0.3) is 0 Å². The van der Waals surface area contributed by atoms with Gasteiger partial charge in [-0.1, -0.05) is 12.1 Å². The molecule has 6 nitrogen and oxygen atoms in total. The van der Waals surface area contributed by atoms with E-state index in [1.165, 1.54) is 0 Å². The lowest BCUT2D eigenvalue weighted by Gasteiger charge is -2.44. The lowest BCUT2D eigenvalue weighted by atomic mass is 10.1. The normalized spacial score (nSPS) is 14.6. The third kappa shape index (κ3) is 3.89. The third-order valence-electron chi connectivity index (χ3n) is 4.29. The molecule has 0 bridgehead atoms. The highest BCUT2D eigenvalue weighted by atomic mass is 16.2. The van der Waals surface area contributed by atoms with Crippen LogP contribution in [0.5, 0.6) is 0 Å². The van der Waals surface area contributed by atoms with Gasteiger partial charge in [0.1, 0.15) is 12.1 Å². The molecule has 0 unspecified atom stereocenters. The van der Waals surface area contributed by atoms with Crippen molar-refractivity contribution in [1.82, 2.24) is 14.9 Å². The molecule has 2 aromatic rings. The van der Waals surface area contributed by atoms with Crippen LogP contribution in [0, 0.1) is 13.8 Å². The molecule has 0 saturated carbocycles. The van der Waals surface area contributed by atoms with Gasteiger partial charge in [-0.15, -0.1) is 0 Å². The van der Waals surface area contributed by atoms with Gasteiger partial charge in [-0.3, -0.25) is 9.69 Å². The Labute approximate surface area is 142 Å². The molecule has 1 N–H and O–H groups in total. The number of rotatable bonds is 5. The number of aryl methyl sites for hydroxylation is 2. The van der Waals surface area contributed by atoms with Crippen LogP contribution in [0.3, 0.4) is 0 Å². The van der Waals surface area contributed by atoms with E-state index in [-0.39, 0.29) is 5.91 Å². The largest absolute Gasteiger partial charge is 0.353 e. The molecule has 1 saturated heterocycles. The summed E-state index contributed by atoms with van der Waals surface area (Å²) in [5, 5.41) is 2.95. The average molecular weight is 325 g/mol. The summed E-state index contributed by atoms with van der Waals surface area (Å²) >= 11 is 0. The molecule has 2 heterocycles. The van der Waals surface area contributed by atoms with Gasteiger partial charge < -0.3 is 10.2 Å². The molecule has 24 heavy (non-hydrogen) atoms. The van der Waals surface area contributed by atoms with E-state index in [9.17, 15) is 4.79 Å². The van der Waals surface area contributed by atoms with Crippen LogP contribution in [-0.2, 0) is 4.79 Å². The number of nitrogens with zero attached hydrogens (tertiary/aromatic N) is 4. The van der Waals surface area contributed by atoms with Crippen LogP contribution < -0.4 is 10.2 Å². The Hall–Kier alpha value is -2.47. The van der Waals surface area contributed by atoms with Gasteiger partial charge in [0, 0.05) is 36.6 Å². The summed E-state index contributed by atoms with van der Waals surface area (Å²) in [6, 6.07) is 10.2. The number of benzene rings is 1. The van der Waals surface area contributed by atoms with E-state index in [0.717, 1.165) is 35.9 Å². The minimum Gasteiger partial charge on any atom is -0.353 e. The first kappa shape index (κ1) is 16.4. The molecule has 6 heteroatoms. The number of nitrogens with one attached hydrogen (secondary N) is 1. The highest BCUT2D eigenvalue weighted by Crippen LogP contribution is 2.21. The molecule has 126 valence electrons. The first-order valence-electron chi connectivity index (χ1n) is 8.11. The lowest BCUT2D eigenvalue weighted by Crippen LogP contribution is -2.59. The van der Waals surface area contributed by atoms with Gasteiger partial charge in [0.05, 0.1) is 6.54 Å². The minimum absolute atomic E-state index is 0.0134. The van der Waals surface area contributed by atoms with Crippen molar-refractivity contribution in [3.05, 3.63) is 47.9 Å². The number of amides is 1. The number of anilines is 2. The van der Waals surface area contributed by atoms with Crippen LogP contribution >= 0.6 is 0 Å². The zero-order valence-corrected chi connectivity index (χ0v) is 14.4. The Morgan fingerprint density at radius 2 is 2.08 bits per heavy atom. The van der Waals surface area contributed by atoms with E-state index in [1.807, 2.05) is 51.2 Å². The van der Waals surface area contributed by atoms with Gasteiger partial charge in [0.25, 0.3) is 0 Å². The summed E-state index contributed by atoms with van der Waals surface area (Å²) in [5.41, 5.74) is 2.95. The summed E-state index contributed by atoms with van der Waals surface area (Å²) in [5.74, 6) is 0.968. The Morgan fingerprint density at radius 3 is 2.79 bits per heavy atom. The van der Waals surface area contributed by atoms with Crippen LogP contribution in [0.2, 0.25) is 0 Å². The maximum absolute atomic E-state index is 12.2. The summed E-state index contributed by atoms with van der Waals surface area (Å²) in [4.78, 5) is 24.9. The number of aromatic nitrogens is 2. The van der Waals surface area contributed by atoms with Crippen LogP contribution in [0.15, 0.2) is 36.7 Å². The third-order valence-corrected chi connectivity index (χ3v) is 4.29. The van der Waals surface area contributed by atoms with E-state index in [1.54, 1.807) is 6.33 Å². The Bertz CT molecular complexity index is 727. The standard InChI is InChI=1S/C18H23N5O/c1-13-5-4-6-15(7-13)21-18(24)11-22(3)16-9-23(10-16)17-8-14(2)19-12-20-17/h4-8,12,16H,9-11H2,1-3H3,(H,21,24). The predicted octanol–water partition coefficient (Wildman–Crippen LogP) is 1.85. The Balaban J connectivity index is 1.48. The zero-order chi connectivity index (χ0) is 17.1. The maximum Gasteiger partial charge on any atom is 0.238 e. The molecule has 1 aliphatic heterocycles. The number of hydrogen-bond donors (Lipinski definition) is 1. The molecule has 0 radical (unpaired) electrons. The van der Waals surface area contributed by atoms with Crippen molar-refractivity contribution in [3.8, 4) is 0 Å². The smallest absolute Gasteiger partial charge is 0.238 e. The van der Waals surface area contributed by atoms with Crippen molar-refractivity contribution >= 4 is 17.4 Å². The van der Waals surface area contributed by atoms with Gasteiger partial charge >= 0.3 is 0 Å². The molecule has 1 aromatic heterocycles. The first-order chi connectivity index (χ1) is 11.5. The van der Waals surface area contributed by atoms with Gasteiger partial charge in [0.15, 0.2) is 0 Å². The second kappa shape index (κ2) is 6.97. The van der Waals surface area contributed by atoms with E-state index >= 15 is 0 Å². The summed E-state index contributed by atoms with van der Waals surface area (Å²) in [6.07, 6.45) is 1.59. The molecule has 1 aliphatic rings. The highest BCUT2D eigenvalue weighted by molar-refractivity contribution is 5.92. The first-order valence-corrected chi connectivity index (χ1v) is 8.11. The van der Waals surface area contributed by atoms with Gasteiger partial charge in [-0.2, -0.15) is 0 Å². The van der Waals surface area contributed by atoms with E-state index in [2.05, 4.69) is 25.1 Å². The molecule has 3 rings (SSSR count). The van der Waals surface area contributed by atoms with E-state index in [0.29, 0.717) is 12.6 Å². The van der Waals surface area contributed by atoms with Crippen LogP contribution in [-0.4, -0.2) is 53.5 Å². The van der Waals surface area contributed by atoms with Crippen molar-refractivity contribution < 1.29 is 4.79 Å². The van der Waals surface area contributed by atoms with Crippen molar-refractivity contribution in [2.75, 3.05) is 36.9 Å². The summed E-state index contributed by atoms with van der Waals surface area (Å²) < 4.78 is 0. The number of carbonyl (C=O) groups excluding carboxylic acids is 1. The molecule has 0 aliphatic carbocycles. The molecule has 1 aromatic carbocycles.